The van der Waals surface area contributed by atoms with Crippen molar-refractivity contribution in [2.45, 2.75) is 59.4 Å². The van der Waals surface area contributed by atoms with E-state index in [4.69, 9.17) is 0 Å². The van der Waals surface area contributed by atoms with Crippen molar-refractivity contribution in [3.05, 3.63) is 108 Å². The first-order valence-corrected chi connectivity index (χ1v) is 12.4. The summed E-state index contributed by atoms with van der Waals surface area (Å²) in [5.74, 6) is 0.560. The quantitative estimate of drug-likeness (QED) is 0.362. The molecule has 0 aliphatic rings. The summed E-state index contributed by atoms with van der Waals surface area (Å²) in [6, 6.07) is 31.6. The second-order valence-corrected chi connectivity index (χ2v) is 8.75. The van der Waals surface area contributed by atoms with E-state index in [0.717, 1.165) is 26.1 Å². The van der Waals surface area contributed by atoms with E-state index in [1.54, 1.807) is 0 Å². The molecular formula is C30H42N2O. The predicted octanol–water partition coefficient (Wildman–Crippen LogP) is 5.93. The summed E-state index contributed by atoms with van der Waals surface area (Å²) in [4.78, 5) is 2.43. The monoisotopic (exact) mass is 446 g/mol. The van der Waals surface area contributed by atoms with Gasteiger partial charge in [0.1, 0.15) is 0 Å². The number of hydrogen-bond donors (Lipinski definition) is 2. The lowest BCUT2D eigenvalue weighted by Gasteiger charge is -2.36. The minimum absolute atomic E-state index is 0.00229. The molecule has 3 nitrogen and oxygen atoms in total. The minimum atomic E-state index is -0.466. The highest BCUT2D eigenvalue weighted by Gasteiger charge is 2.27. The van der Waals surface area contributed by atoms with Gasteiger partial charge in [-0.2, -0.15) is 0 Å². The summed E-state index contributed by atoms with van der Waals surface area (Å²) in [6.45, 7) is 11.5. The van der Waals surface area contributed by atoms with Crippen LogP contribution in [0.4, 0.5) is 0 Å². The highest BCUT2D eigenvalue weighted by molar-refractivity contribution is 5.20. The molecule has 0 saturated heterocycles. The smallest absolute Gasteiger partial charge is 0.0822 e. The van der Waals surface area contributed by atoms with Crippen molar-refractivity contribution in [1.82, 2.24) is 10.2 Å². The van der Waals surface area contributed by atoms with Crippen LogP contribution in [0.1, 0.15) is 44.4 Å². The Hall–Kier alpha value is -2.46. The highest BCUT2D eigenvalue weighted by Crippen LogP contribution is 2.19. The van der Waals surface area contributed by atoms with Crippen molar-refractivity contribution in [3.63, 3.8) is 0 Å². The van der Waals surface area contributed by atoms with Crippen LogP contribution in [0.3, 0.4) is 0 Å². The molecule has 3 heteroatoms. The molecule has 3 aromatic carbocycles. The van der Waals surface area contributed by atoms with Gasteiger partial charge in [-0.3, -0.25) is 4.90 Å². The number of benzene rings is 3. The molecule has 0 aliphatic carbocycles. The average Bonchev–Trinajstić information content (AvgIpc) is 2.85. The van der Waals surface area contributed by atoms with Crippen molar-refractivity contribution >= 4 is 0 Å². The van der Waals surface area contributed by atoms with E-state index in [9.17, 15) is 5.11 Å². The Morgan fingerprint density at radius 2 is 1.09 bits per heavy atom. The second-order valence-electron chi connectivity index (χ2n) is 8.75. The zero-order chi connectivity index (χ0) is 23.9. The van der Waals surface area contributed by atoms with E-state index >= 15 is 0 Å². The van der Waals surface area contributed by atoms with Gasteiger partial charge in [-0.05, 0) is 35.6 Å². The number of nitrogens with one attached hydrogen (secondary N) is 1. The fourth-order valence-electron chi connectivity index (χ4n) is 3.95. The van der Waals surface area contributed by atoms with Crippen molar-refractivity contribution in [1.29, 1.82) is 0 Å². The lowest BCUT2D eigenvalue weighted by molar-refractivity contribution is 0.0390. The number of aliphatic hydroxyl groups excluding tert-OH is 1. The molecule has 2 N–H and O–H groups in total. The molecule has 0 aromatic heterocycles. The van der Waals surface area contributed by atoms with Crippen LogP contribution in [0.5, 0.6) is 0 Å². The largest absolute Gasteiger partial charge is 0.390 e. The van der Waals surface area contributed by atoms with E-state index in [2.05, 4.69) is 109 Å². The maximum atomic E-state index is 11.3. The molecule has 0 saturated carbocycles. The maximum Gasteiger partial charge on any atom is 0.0822 e. The molecule has 0 spiro atoms. The van der Waals surface area contributed by atoms with Crippen LogP contribution in [-0.2, 0) is 19.5 Å². The van der Waals surface area contributed by atoms with Gasteiger partial charge in [0.15, 0.2) is 0 Å². The molecule has 0 heterocycles. The van der Waals surface area contributed by atoms with Gasteiger partial charge in [-0.15, -0.1) is 0 Å². The molecular weight excluding hydrogens is 404 g/mol. The average molecular weight is 447 g/mol. The van der Waals surface area contributed by atoms with Crippen molar-refractivity contribution in [2.24, 2.45) is 5.92 Å². The van der Waals surface area contributed by atoms with E-state index < -0.39 is 6.10 Å². The fraction of sp³-hybridized carbons (Fsp3) is 0.400. The summed E-state index contributed by atoms with van der Waals surface area (Å²) in [5, 5.41) is 14.8. The molecule has 2 unspecified atom stereocenters. The van der Waals surface area contributed by atoms with Crippen LogP contribution in [0.2, 0.25) is 0 Å². The highest BCUT2D eigenvalue weighted by atomic mass is 16.3. The van der Waals surface area contributed by atoms with Gasteiger partial charge in [0, 0.05) is 25.7 Å². The Morgan fingerprint density at radius 1 is 0.667 bits per heavy atom. The maximum absolute atomic E-state index is 11.3. The molecule has 0 amide bonds. The van der Waals surface area contributed by atoms with E-state index in [-0.39, 0.29) is 6.04 Å². The van der Waals surface area contributed by atoms with Gasteiger partial charge in [0.05, 0.1) is 6.10 Å². The van der Waals surface area contributed by atoms with Gasteiger partial charge in [0.25, 0.3) is 0 Å². The molecule has 0 aliphatic heterocycles. The minimum Gasteiger partial charge on any atom is -0.390 e. The first-order valence-electron chi connectivity index (χ1n) is 12.4. The topological polar surface area (TPSA) is 35.5 Å². The molecule has 0 bridgehead atoms. The van der Waals surface area contributed by atoms with E-state index in [1.807, 2.05) is 19.9 Å². The van der Waals surface area contributed by atoms with Crippen LogP contribution in [0.25, 0.3) is 0 Å². The molecule has 2 atom stereocenters. The Bertz CT molecular complexity index is 811. The molecule has 178 valence electrons. The third-order valence-electron chi connectivity index (χ3n) is 5.56. The Balaban J connectivity index is 0.00000187. The van der Waals surface area contributed by atoms with Gasteiger partial charge in [-0.25, -0.2) is 0 Å². The van der Waals surface area contributed by atoms with Crippen LogP contribution >= 0.6 is 0 Å². The fourth-order valence-corrected chi connectivity index (χ4v) is 3.95. The van der Waals surface area contributed by atoms with Crippen LogP contribution in [0.15, 0.2) is 91.0 Å². The second kappa shape index (κ2) is 15.4. The SMILES string of the molecule is CC.CC(C)CNCC(O)C(Cc1ccccc1)N(Cc1ccccc1)Cc1ccccc1. The summed E-state index contributed by atoms with van der Waals surface area (Å²) in [7, 11) is 0. The summed E-state index contributed by atoms with van der Waals surface area (Å²) in [5.41, 5.74) is 3.78. The van der Waals surface area contributed by atoms with Crippen molar-refractivity contribution in [2.75, 3.05) is 13.1 Å². The molecule has 33 heavy (non-hydrogen) atoms. The Labute approximate surface area is 201 Å². The summed E-state index contributed by atoms with van der Waals surface area (Å²) in [6.07, 6.45) is 0.344. The molecule has 0 radical (unpaired) electrons. The molecule has 3 rings (SSSR count). The zero-order valence-electron chi connectivity index (χ0n) is 20.8. The van der Waals surface area contributed by atoms with Gasteiger partial charge in [-0.1, -0.05) is 119 Å². The van der Waals surface area contributed by atoms with Crippen LogP contribution in [-0.4, -0.2) is 35.2 Å². The number of rotatable bonds is 12. The Kier molecular flexibility index (Phi) is 12.5. The molecule has 3 aromatic rings. The lowest BCUT2D eigenvalue weighted by Crippen LogP contribution is -2.48. The third kappa shape index (κ3) is 9.91. The third-order valence-corrected chi connectivity index (χ3v) is 5.56. The number of hydrogen-bond acceptors (Lipinski definition) is 3. The van der Waals surface area contributed by atoms with Gasteiger partial charge < -0.3 is 10.4 Å². The summed E-state index contributed by atoms with van der Waals surface area (Å²) >= 11 is 0. The van der Waals surface area contributed by atoms with Crippen molar-refractivity contribution in [3.8, 4) is 0 Å². The molecule has 0 fully saturated rings. The standard InChI is InChI=1S/C28H36N2O.C2H6/c1-23(2)19-29-20-28(31)27(18-24-12-6-3-7-13-24)30(21-25-14-8-4-9-15-25)22-26-16-10-5-11-17-26;1-2/h3-17,23,27-29,31H,18-22H2,1-2H3;1-2H3. The lowest BCUT2D eigenvalue weighted by atomic mass is 9.97. The zero-order valence-corrected chi connectivity index (χ0v) is 20.8. The summed E-state index contributed by atoms with van der Waals surface area (Å²) < 4.78 is 0. The van der Waals surface area contributed by atoms with Crippen LogP contribution < -0.4 is 5.32 Å². The first-order chi connectivity index (χ1) is 16.1. The van der Waals surface area contributed by atoms with E-state index in [1.165, 1.54) is 16.7 Å². The van der Waals surface area contributed by atoms with E-state index in [0.29, 0.717) is 12.5 Å². The number of nitrogens with zero attached hydrogens (tertiary/aromatic N) is 1. The number of aliphatic hydroxyl groups is 1. The normalized spacial score (nSPS) is 12.8. The first kappa shape index (κ1) is 26.8. The van der Waals surface area contributed by atoms with Gasteiger partial charge >= 0.3 is 0 Å². The Morgan fingerprint density at radius 3 is 1.52 bits per heavy atom. The van der Waals surface area contributed by atoms with Gasteiger partial charge in [0.2, 0.25) is 0 Å². The predicted molar refractivity (Wildman–Crippen MR) is 141 cm³/mol. The van der Waals surface area contributed by atoms with Crippen molar-refractivity contribution < 1.29 is 5.11 Å². The van der Waals surface area contributed by atoms with Crippen LogP contribution in [0, 0.1) is 5.92 Å².